The van der Waals surface area contributed by atoms with E-state index < -0.39 is 0 Å². The van der Waals surface area contributed by atoms with Gasteiger partial charge < -0.3 is 0 Å². The molecule has 0 aliphatic carbocycles. The number of nitrogens with zero attached hydrogens (tertiary/aromatic N) is 3. The monoisotopic (exact) mass is 315 g/mol. The zero-order chi connectivity index (χ0) is 15.0. The maximum Gasteiger partial charge on any atom is 0.0255 e. The van der Waals surface area contributed by atoms with Gasteiger partial charge in [0.2, 0.25) is 0 Å². The molecule has 3 nitrogen and oxygen atoms in total. The van der Waals surface area contributed by atoms with Gasteiger partial charge in [0.05, 0.1) is 0 Å². The van der Waals surface area contributed by atoms with Crippen molar-refractivity contribution in [1.29, 1.82) is 0 Å². The van der Waals surface area contributed by atoms with Crippen molar-refractivity contribution >= 4 is 0 Å². The van der Waals surface area contributed by atoms with Gasteiger partial charge in [-0.1, -0.05) is 0 Å². The van der Waals surface area contributed by atoms with Crippen molar-refractivity contribution in [2.75, 3.05) is 39.3 Å². The molecule has 7 aliphatic rings. The van der Waals surface area contributed by atoms with Crippen LogP contribution in [0.2, 0.25) is 0 Å². The Kier molecular flexibility index (Phi) is 3.18. The van der Waals surface area contributed by atoms with Crippen molar-refractivity contribution in [2.24, 2.45) is 23.7 Å². The lowest BCUT2D eigenvalue weighted by Crippen LogP contribution is -2.58. The van der Waals surface area contributed by atoms with E-state index in [-0.39, 0.29) is 0 Å². The molecule has 6 bridgehead atoms. The molecule has 0 N–H and O–H groups in total. The van der Waals surface area contributed by atoms with Crippen LogP contribution in [0, 0.1) is 23.7 Å². The zero-order valence-corrected chi connectivity index (χ0v) is 14.6. The van der Waals surface area contributed by atoms with Crippen LogP contribution in [0.3, 0.4) is 0 Å². The molecule has 7 saturated heterocycles. The van der Waals surface area contributed by atoms with Crippen molar-refractivity contribution in [3.63, 3.8) is 0 Å². The Labute approximate surface area is 141 Å². The fourth-order valence-electron chi connectivity index (χ4n) is 7.69. The minimum Gasteiger partial charge on any atom is -0.300 e. The van der Waals surface area contributed by atoms with Crippen molar-refractivity contribution in [1.82, 2.24) is 14.7 Å². The smallest absolute Gasteiger partial charge is 0.0255 e. The normalized spacial score (nSPS) is 60.5. The van der Waals surface area contributed by atoms with Crippen LogP contribution in [0.4, 0.5) is 0 Å². The summed E-state index contributed by atoms with van der Waals surface area (Å²) in [4.78, 5) is 8.71. The number of piperidine rings is 5. The molecule has 7 fully saturated rings. The summed E-state index contributed by atoms with van der Waals surface area (Å²) in [5, 5.41) is 0. The maximum absolute atomic E-state index is 2.95. The highest BCUT2D eigenvalue weighted by Gasteiger charge is 2.53. The molecule has 0 aromatic heterocycles. The SMILES string of the molecule is C1CC2CC(C3CN4CC3CC4C3CC4CCN3CC4)N(C1)C2. The topological polar surface area (TPSA) is 9.72 Å². The second-order valence-electron chi connectivity index (χ2n) is 9.77. The van der Waals surface area contributed by atoms with Crippen LogP contribution in [0.5, 0.6) is 0 Å². The van der Waals surface area contributed by atoms with Gasteiger partial charge in [-0.2, -0.15) is 0 Å². The lowest BCUT2D eigenvalue weighted by molar-refractivity contribution is -0.00515. The lowest BCUT2D eigenvalue weighted by Gasteiger charge is -2.50. The van der Waals surface area contributed by atoms with Gasteiger partial charge in [0.25, 0.3) is 0 Å². The highest BCUT2D eigenvalue weighted by Crippen LogP contribution is 2.48. The summed E-state index contributed by atoms with van der Waals surface area (Å²) in [5.41, 5.74) is 0. The van der Waals surface area contributed by atoms with Crippen LogP contribution in [0.25, 0.3) is 0 Å². The molecular formula is C20H33N3. The summed E-state index contributed by atoms with van der Waals surface area (Å²) in [6.45, 7) is 8.55. The summed E-state index contributed by atoms with van der Waals surface area (Å²) in [7, 11) is 0. The van der Waals surface area contributed by atoms with E-state index in [9.17, 15) is 0 Å². The Morgan fingerprint density at radius 1 is 0.565 bits per heavy atom. The number of fused-ring (bicyclic) bond motifs is 7. The summed E-state index contributed by atoms with van der Waals surface area (Å²) < 4.78 is 0. The van der Waals surface area contributed by atoms with Crippen molar-refractivity contribution in [3.05, 3.63) is 0 Å². The molecule has 3 heteroatoms. The van der Waals surface area contributed by atoms with Crippen LogP contribution in [-0.2, 0) is 0 Å². The molecule has 7 aliphatic heterocycles. The first kappa shape index (κ1) is 14.1. The third kappa shape index (κ3) is 2.12. The first-order valence-electron chi connectivity index (χ1n) is 10.6. The average molecular weight is 316 g/mol. The van der Waals surface area contributed by atoms with Crippen LogP contribution in [0.15, 0.2) is 0 Å². The van der Waals surface area contributed by atoms with Gasteiger partial charge in [-0.15, -0.1) is 0 Å². The molecule has 7 heterocycles. The Morgan fingerprint density at radius 3 is 2.09 bits per heavy atom. The summed E-state index contributed by atoms with van der Waals surface area (Å²) in [6, 6.07) is 2.81. The Bertz CT molecular complexity index is 444. The van der Waals surface area contributed by atoms with E-state index in [1.807, 2.05) is 0 Å². The second-order valence-corrected chi connectivity index (χ2v) is 9.77. The standard InChI is InChI=1S/C20H33N3/c1-2-15-9-18(22(5-1)11-15)17-13-23-12-16(17)10-20(23)19-8-14-3-6-21(19)7-4-14/h14-20H,1-13H2. The zero-order valence-electron chi connectivity index (χ0n) is 14.6. The molecule has 23 heavy (non-hydrogen) atoms. The molecule has 0 saturated carbocycles. The third-order valence-electron chi connectivity index (χ3n) is 8.76. The fourth-order valence-corrected chi connectivity index (χ4v) is 7.69. The highest BCUT2D eigenvalue weighted by atomic mass is 15.3. The number of rotatable bonds is 2. The van der Waals surface area contributed by atoms with Gasteiger partial charge in [-0.25, -0.2) is 0 Å². The second kappa shape index (κ2) is 5.19. The number of hydrogen-bond acceptors (Lipinski definition) is 3. The summed E-state index contributed by atoms with van der Waals surface area (Å²) in [5.74, 6) is 4.18. The van der Waals surface area contributed by atoms with E-state index >= 15 is 0 Å². The molecule has 0 amide bonds. The molecule has 0 spiro atoms. The summed E-state index contributed by atoms with van der Waals surface area (Å²) in [6.07, 6.45) is 10.6. The summed E-state index contributed by atoms with van der Waals surface area (Å²) >= 11 is 0. The molecule has 0 aromatic rings. The van der Waals surface area contributed by atoms with Crippen molar-refractivity contribution < 1.29 is 0 Å². The van der Waals surface area contributed by atoms with Crippen LogP contribution < -0.4 is 0 Å². The van der Waals surface area contributed by atoms with E-state index in [0.717, 1.165) is 41.8 Å². The third-order valence-corrected chi connectivity index (χ3v) is 8.76. The van der Waals surface area contributed by atoms with Gasteiger partial charge in [0.15, 0.2) is 0 Å². The number of hydrogen-bond donors (Lipinski definition) is 0. The highest BCUT2D eigenvalue weighted by molar-refractivity contribution is 5.08. The first-order chi connectivity index (χ1) is 11.3. The van der Waals surface area contributed by atoms with E-state index in [1.165, 1.54) is 84.2 Å². The predicted octanol–water partition coefficient (Wildman–Crippen LogP) is 2.28. The quantitative estimate of drug-likeness (QED) is 0.774. The van der Waals surface area contributed by atoms with Crippen LogP contribution in [-0.4, -0.2) is 72.1 Å². The van der Waals surface area contributed by atoms with Gasteiger partial charge in [-0.05, 0) is 88.3 Å². The fraction of sp³-hybridized carbons (Fsp3) is 1.00. The molecule has 0 radical (unpaired) electrons. The van der Waals surface area contributed by atoms with Crippen LogP contribution in [0.1, 0.15) is 44.9 Å². The molecule has 0 aromatic carbocycles. The van der Waals surface area contributed by atoms with E-state index in [4.69, 9.17) is 0 Å². The minimum absolute atomic E-state index is 0.926. The van der Waals surface area contributed by atoms with E-state index in [1.54, 1.807) is 0 Å². The molecular weight excluding hydrogens is 282 g/mol. The van der Waals surface area contributed by atoms with Gasteiger partial charge in [0.1, 0.15) is 0 Å². The van der Waals surface area contributed by atoms with Crippen molar-refractivity contribution in [2.45, 2.75) is 63.1 Å². The molecule has 8 unspecified atom stereocenters. The first-order valence-corrected chi connectivity index (χ1v) is 10.6. The maximum atomic E-state index is 2.95. The van der Waals surface area contributed by atoms with Crippen LogP contribution >= 0.6 is 0 Å². The van der Waals surface area contributed by atoms with Gasteiger partial charge in [0, 0.05) is 37.8 Å². The predicted molar refractivity (Wildman–Crippen MR) is 92.4 cm³/mol. The van der Waals surface area contributed by atoms with Crippen molar-refractivity contribution in [3.8, 4) is 0 Å². The Morgan fingerprint density at radius 2 is 1.39 bits per heavy atom. The molecule has 8 atom stereocenters. The molecule has 7 rings (SSSR count). The molecule has 128 valence electrons. The minimum atomic E-state index is 0.926. The lowest BCUT2D eigenvalue weighted by atomic mass is 9.76. The Balaban J connectivity index is 1.16. The van der Waals surface area contributed by atoms with E-state index in [0.29, 0.717) is 0 Å². The van der Waals surface area contributed by atoms with E-state index in [2.05, 4.69) is 14.7 Å². The van der Waals surface area contributed by atoms with Gasteiger partial charge in [-0.3, -0.25) is 14.7 Å². The Hall–Kier alpha value is -0.120. The largest absolute Gasteiger partial charge is 0.300 e. The average Bonchev–Trinajstić information content (AvgIpc) is 3.28. The van der Waals surface area contributed by atoms with Gasteiger partial charge >= 0.3 is 0 Å².